The molecule has 0 aliphatic heterocycles. The highest BCUT2D eigenvalue weighted by Crippen LogP contribution is 2.26. The van der Waals surface area contributed by atoms with Crippen molar-refractivity contribution in [1.82, 2.24) is 5.32 Å². The zero-order chi connectivity index (χ0) is 14.3. The largest absolute Gasteiger partial charge is 0.371 e. The molecule has 0 bridgehead atoms. The van der Waals surface area contributed by atoms with Crippen LogP contribution in [0.3, 0.4) is 0 Å². The van der Waals surface area contributed by atoms with E-state index in [0.717, 1.165) is 17.6 Å². The first kappa shape index (κ1) is 16.5. The summed E-state index contributed by atoms with van der Waals surface area (Å²) in [5.74, 6) is 0. The van der Waals surface area contributed by atoms with Crippen LogP contribution in [-0.4, -0.2) is 19.6 Å². The second kappa shape index (κ2) is 8.60. The van der Waals surface area contributed by atoms with Gasteiger partial charge < -0.3 is 10.2 Å². The number of benzene rings is 1. The van der Waals surface area contributed by atoms with Gasteiger partial charge in [0.15, 0.2) is 0 Å². The van der Waals surface area contributed by atoms with E-state index in [1.807, 2.05) is 0 Å². The topological polar surface area (TPSA) is 15.3 Å². The van der Waals surface area contributed by atoms with E-state index in [2.05, 4.69) is 72.2 Å². The first-order valence-corrected chi connectivity index (χ1v) is 8.15. The quantitative estimate of drug-likeness (QED) is 0.704. The molecule has 2 nitrogen and oxygen atoms in total. The maximum absolute atomic E-state index is 3.58. The smallest absolute Gasteiger partial charge is 0.0412 e. The fourth-order valence-electron chi connectivity index (χ4n) is 2.47. The van der Waals surface area contributed by atoms with E-state index in [-0.39, 0.29) is 0 Å². The van der Waals surface area contributed by atoms with Gasteiger partial charge in [0.1, 0.15) is 0 Å². The van der Waals surface area contributed by atoms with Gasteiger partial charge in [-0.3, -0.25) is 0 Å². The van der Waals surface area contributed by atoms with Gasteiger partial charge in [-0.05, 0) is 49.6 Å². The molecule has 1 aromatic carbocycles. The SMILES string of the molecule is CCCNCc1cc(Br)ccc1N(C)C(CC)CC. The first-order valence-electron chi connectivity index (χ1n) is 7.35. The summed E-state index contributed by atoms with van der Waals surface area (Å²) < 4.78 is 1.16. The fourth-order valence-corrected chi connectivity index (χ4v) is 2.88. The highest BCUT2D eigenvalue weighted by Gasteiger charge is 2.14. The Morgan fingerprint density at radius 2 is 1.89 bits per heavy atom. The monoisotopic (exact) mass is 326 g/mol. The van der Waals surface area contributed by atoms with Gasteiger partial charge in [0.05, 0.1) is 0 Å². The summed E-state index contributed by atoms with van der Waals surface area (Å²) in [7, 11) is 2.21. The Morgan fingerprint density at radius 1 is 1.21 bits per heavy atom. The van der Waals surface area contributed by atoms with E-state index in [9.17, 15) is 0 Å². The van der Waals surface area contributed by atoms with Crippen molar-refractivity contribution in [1.29, 1.82) is 0 Å². The van der Waals surface area contributed by atoms with Crippen LogP contribution in [0.2, 0.25) is 0 Å². The summed E-state index contributed by atoms with van der Waals surface area (Å²) in [6, 6.07) is 7.21. The summed E-state index contributed by atoms with van der Waals surface area (Å²) >= 11 is 3.58. The van der Waals surface area contributed by atoms with Crippen molar-refractivity contribution in [2.75, 3.05) is 18.5 Å². The molecule has 1 aromatic rings. The zero-order valence-corrected chi connectivity index (χ0v) is 14.3. The standard InChI is InChI=1S/C16H27BrN2/c1-5-10-18-12-13-11-14(17)8-9-16(13)19(4)15(6-2)7-3/h8-9,11,15,18H,5-7,10,12H2,1-4H3. The molecule has 1 N–H and O–H groups in total. The summed E-state index contributed by atoms with van der Waals surface area (Å²) in [5, 5.41) is 3.50. The predicted octanol–water partition coefficient (Wildman–Crippen LogP) is 4.57. The highest BCUT2D eigenvalue weighted by molar-refractivity contribution is 9.10. The first-order chi connectivity index (χ1) is 9.13. The van der Waals surface area contributed by atoms with Crippen LogP contribution in [0.15, 0.2) is 22.7 Å². The van der Waals surface area contributed by atoms with Gasteiger partial charge in [-0.2, -0.15) is 0 Å². The van der Waals surface area contributed by atoms with Crippen molar-refractivity contribution in [3.63, 3.8) is 0 Å². The lowest BCUT2D eigenvalue weighted by Gasteiger charge is -2.30. The minimum atomic E-state index is 0.617. The van der Waals surface area contributed by atoms with Crippen molar-refractivity contribution >= 4 is 21.6 Å². The molecule has 0 saturated carbocycles. The van der Waals surface area contributed by atoms with Gasteiger partial charge in [0.2, 0.25) is 0 Å². The van der Waals surface area contributed by atoms with Crippen LogP contribution >= 0.6 is 15.9 Å². The molecule has 0 spiro atoms. The van der Waals surface area contributed by atoms with Crippen LogP contribution in [0.5, 0.6) is 0 Å². The summed E-state index contributed by atoms with van der Waals surface area (Å²) in [4.78, 5) is 2.43. The number of hydrogen-bond donors (Lipinski definition) is 1. The summed E-state index contributed by atoms with van der Waals surface area (Å²) in [6.45, 7) is 8.73. The van der Waals surface area contributed by atoms with E-state index in [4.69, 9.17) is 0 Å². The van der Waals surface area contributed by atoms with Gasteiger partial charge in [0, 0.05) is 29.8 Å². The van der Waals surface area contributed by atoms with Crippen molar-refractivity contribution in [3.8, 4) is 0 Å². The van der Waals surface area contributed by atoms with E-state index in [1.165, 1.54) is 30.5 Å². The maximum Gasteiger partial charge on any atom is 0.0412 e. The minimum absolute atomic E-state index is 0.617. The average Bonchev–Trinajstić information content (AvgIpc) is 2.40. The lowest BCUT2D eigenvalue weighted by atomic mass is 10.1. The molecule has 0 amide bonds. The van der Waals surface area contributed by atoms with Gasteiger partial charge >= 0.3 is 0 Å². The Kier molecular flexibility index (Phi) is 7.47. The van der Waals surface area contributed by atoms with Gasteiger partial charge in [0.25, 0.3) is 0 Å². The maximum atomic E-state index is 3.58. The van der Waals surface area contributed by atoms with E-state index in [0.29, 0.717) is 6.04 Å². The molecule has 19 heavy (non-hydrogen) atoms. The predicted molar refractivity (Wildman–Crippen MR) is 88.9 cm³/mol. The third-order valence-electron chi connectivity index (χ3n) is 3.65. The van der Waals surface area contributed by atoms with Crippen LogP contribution in [0.25, 0.3) is 0 Å². The molecule has 0 saturated heterocycles. The van der Waals surface area contributed by atoms with E-state index < -0.39 is 0 Å². The molecular formula is C16H27BrN2. The van der Waals surface area contributed by atoms with Crippen molar-refractivity contribution in [3.05, 3.63) is 28.2 Å². The summed E-state index contributed by atoms with van der Waals surface area (Å²) in [6.07, 6.45) is 3.54. The Balaban J connectivity index is 2.91. The molecule has 0 aliphatic carbocycles. The van der Waals surface area contributed by atoms with E-state index >= 15 is 0 Å². The number of nitrogens with zero attached hydrogens (tertiary/aromatic N) is 1. The number of halogens is 1. The third-order valence-corrected chi connectivity index (χ3v) is 4.15. The van der Waals surface area contributed by atoms with Gasteiger partial charge in [-0.15, -0.1) is 0 Å². The molecule has 0 unspecified atom stereocenters. The molecular weight excluding hydrogens is 300 g/mol. The zero-order valence-electron chi connectivity index (χ0n) is 12.7. The van der Waals surface area contributed by atoms with E-state index in [1.54, 1.807) is 0 Å². The second-order valence-electron chi connectivity index (χ2n) is 5.03. The third kappa shape index (κ3) is 4.81. The molecule has 0 fully saturated rings. The van der Waals surface area contributed by atoms with Crippen LogP contribution in [0.1, 0.15) is 45.6 Å². The minimum Gasteiger partial charge on any atom is -0.371 e. The molecule has 0 aromatic heterocycles. The number of rotatable bonds is 8. The molecule has 0 atom stereocenters. The number of hydrogen-bond acceptors (Lipinski definition) is 2. The van der Waals surface area contributed by atoms with Crippen molar-refractivity contribution in [2.45, 2.75) is 52.6 Å². The molecule has 0 heterocycles. The lowest BCUT2D eigenvalue weighted by molar-refractivity contribution is 0.587. The van der Waals surface area contributed by atoms with Crippen molar-refractivity contribution in [2.24, 2.45) is 0 Å². The Labute approximate surface area is 126 Å². The van der Waals surface area contributed by atoms with Gasteiger partial charge in [-0.1, -0.05) is 36.7 Å². The fraction of sp³-hybridized carbons (Fsp3) is 0.625. The van der Waals surface area contributed by atoms with Crippen LogP contribution in [-0.2, 0) is 6.54 Å². The van der Waals surface area contributed by atoms with Crippen LogP contribution < -0.4 is 10.2 Å². The lowest BCUT2D eigenvalue weighted by Crippen LogP contribution is -2.31. The van der Waals surface area contributed by atoms with Crippen LogP contribution in [0, 0.1) is 0 Å². The molecule has 108 valence electrons. The van der Waals surface area contributed by atoms with Gasteiger partial charge in [-0.25, -0.2) is 0 Å². The number of nitrogens with one attached hydrogen (secondary N) is 1. The van der Waals surface area contributed by atoms with Crippen molar-refractivity contribution < 1.29 is 0 Å². The summed E-state index contributed by atoms with van der Waals surface area (Å²) in [5.41, 5.74) is 2.72. The number of anilines is 1. The molecule has 0 radical (unpaired) electrons. The molecule has 3 heteroatoms. The Morgan fingerprint density at radius 3 is 2.47 bits per heavy atom. The molecule has 1 rings (SSSR count). The second-order valence-corrected chi connectivity index (χ2v) is 5.95. The Hall–Kier alpha value is -0.540. The molecule has 0 aliphatic rings. The Bertz CT molecular complexity index is 375. The highest BCUT2D eigenvalue weighted by atomic mass is 79.9. The van der Waals surface area contributed by atoms with Crippen LogP contribution in [0.4, 0.5) is 5.69 Å². The average molecular weight is 327 g/mol. The normalized spacial score (nSPS) is 11.1.